The maximum Gasteiger partial charge on any atom is 0.128 e. The van der Waals surface area contributed by atoms with E-state index < -0.39 is 0 Å². The average molecular weight is 192 g/mol. The molecule has 14 heavy (non-hydrogen) atoms. The van der Waals surface area contributed by atoms with Crippen molar-refractivity contribution >= 4 is 5.84 Å². The normalized spacial score (nSPS) is 14.6. The highest BCUT2D eigenvalue weighted by atomic mass is 19.1. The van der Waals surface area contributed by atoms with Crippen LogP contribution < -0.4 is 0 Å². The Balaban J connectivity index is 2.13. The van der Waals surface area contributed by atoms with Gasteiger partial charge in [0, 0.05) is 18.7 Å². The summed E-state index contributed by atoms with van der Waals surface area (Å²) in [7, 11) is 0. The Morgan fingerprint density at radius 3 is 2.86 bits per heavy atom. The van der Waals surface area contributed by atoms with Crippen molar-refractivity contribution in [1.29, 1.82) is 5.41 Å². The summed E-state index contributed by atoms with van der Waals surface area (Å²) < 4.78 is 12.0. The van der Waals surface area contributed by atoms with Gasteiger partial charge in [0.05, 0.1) is 6.67 Å². The number of nitrogens with zero attached hydrogens (tertiary/aromatic N) is 1. The lowest BCUT2D eigenvalue weighted by Gasteiger charge is -2.16. The number of rotatable bonds is 3. The van der Waals surface area contributed by atoms with Crippen molar-refractivity contribution in [3.05, 3.63) is 35.4 Å². The van der Waals surface area contributed by atoms with E-state index in [9.17, 15) is 4.39 Å². The molecule has 0 spiro atoms. The molecular formula is C11H13FN2. The first kappa shape index (κ1) is 9.19. The molecule has 0 amide bonds. The number of nitrogens with one attached hydrogen (secondary N) is 1. The summed E-state index contributed by atoms with van der Waals surface area (Å²) in [6.45, 7) is 1.10. The smallest absolute Gasteiger partial charge is 0.128 e. The zero-order valence-electron chi connectivity index (χ0n) is 7.96. The van der Waals surface area contributed by atoms with E-state index in [0.29, 0.717) is 18.8 Å². The van der Waals surface area contributed by atoms with E-state index >= 15 is 0 Å². The van der Waals surface area contributed by atoms with E-state index in [2.05, 4.69) is 0 Å². The van der Waals surface area contributed by atoms with Gasteiger partial charge in [0.25, 0.3) is 0 Å². The number of fused-ring (bicyclic) bond motifs is 1. The lowest BCUT2D eigenvalue weighted by molar-refractivity contribution is 0.375. The van der Waals surface area contributed by atoms with Crippen LogP contribution in [-0.4, -0.2) is 24.0 Å². The maximum absolute atomic E-state index is 12.0. The van der Waals surface area contributed by atoms with Crippen LogP contribution >= 0.6 is 0 Å². The van der Waals surface area contributed by atoms with Crippen molar-refractivity contribution in [2.75, 3.05) is 13.2 Å². The fourth-order valence-electron chi connectivity index (χ4n) is 1.79. The second-order valence-electron chi connectivity index (χ2n) is 3.47. The van der Waals surface area contributed by atoms with Gasteiger partial charge in [0.1, 0.15) is 5.84 Å². The molecule has 2 rings (SSSR count). The van der Waals surface area contributed by atoms with Gasteiger partial charge in [-0.2, -0.15) is 0 Å². The monoisotopic (exact) mass is 192 g/mol. The van der Waals surface area contributed by atoms with Crippen molar-refractivity contribution in [2.24, 2.45) is 0 Å². The van der Waals surface area contributed by atoms with E-state index in [1.165, 1.54) is 5.56 Å². The topological polar surface area (TPSA) is 27.1 Å². The van der Waals surface area contributed by atoms with E-state index in [0.717, 1.165) is 12.1 Å². The van der Waals surface area contributed by atoms with Crippen molar-refractivity contribution in [3.63, 3.8) is 0 Å². The zero-order valence-corrected chi connectivity index (χ0v) is 7.96. The molecule has 0 saturated heterocycles. The van der Waals surface area contributed by atoms with Gasteiger partial charge in [-0.05, 0) is 12.0 Å². The molecule has 1 aliphatic rings. The molecule has 74 valence electrons. The molecule has 2 nitrogen and oxygen atoms in total. The van der Waals surface area contributed by atoms with Crippen LogP contribution in [0.15, 0.2) is 24.3 Å². The molecule has 0 unspecified atom stereocenters. The second kappa shape index (κ2) is 3.78. The Bertz CT molecular complexity index is 349. The lowest BCUT2D eigenvalue weighted by Crippen LogP contribution is -2.25. The molecule has 1 N–H and O–H groups in total. The molecule has 0 bridgehead atoms. The fourth-order valence-corrected chi connectivity index (χ4v) is 1.79. The molecule has 1 aromatic rings. The van der Waals surface area contributed by atoms with Gasteiger partial charge in [-0.25, -0.2) is 0 Å². The van der Waals surface area contributed by atoms with Crippen LogP contribution in [0, 0.1) is 5.41 Å². The van der Waals surface area contributed by atoms with Gasteiger partial charge in [-0.15, -0.1) is 0 Å². The molecule has 0 atom stereocenters. The van der Waals surface area contributed by atoms with Crippen LogP contribution in [0.4, 0.5) is 4.39 Å². The van der Waals surface area contributed by atoms with Crippen molar-refractivity contribution in [3.8, 4) is 0 Å². The van der Waals surface area contributed by atoms with Crippen LogP contribution in [0.25, 0.3) is 0 Å². The van der Waals surface area contributed by atoms with E-state index in [1.807, 2.05) is 29.2 Å². The summed E-state index contributed by atoms with van der Waals surface area (Å²) in [5.74, 6) is 0.536. The second-order valence-corrected chi connectivity index (χ2v) is 3.47. The summed E-state index contributed by atoms with van der Waals surface area (Å²) in [4.78, 5) is 1.92. The molecule has 0 radical (unpaired) electrons. The minimum absolute atomic E-state index is 0.305. The molecule has 0 aliphatic carbocycles. The molecule has 0 fully saturated rings. The molecule has 0 saturated carbocycles. The Kier molecular flexibility index (Phi) is 2.48. The molecule has 1 heterocycles. The first-order chi connectivity index (χ1) is 6.83. The molecular weight excluding hydrogens is 179 g/mol. The predicted molar refractivity (Wildman–Crippen MR) is 54.3 cm³/mol. The summed E-state index contributed by atoms with van der Waals surface area (Å²) in [5.41, 5.74) is 2.17. The van der Waals surface area contributed by atoms with Crippen LogP contribution in [-0.2, 0) is 6.54 Å². The standard InChI is InChI=1S/C11H13FN2/c12-6-3-7-14-8-9-4-1-2-5-10(9)11(14)13/h1-2,4-5,13H,3,6-8H2. The third-order valence-corrected chi connectivity index (χ3v) is 2.51. The number of amidine groups is 1. The fraction of sp³-hybridized carbons (Fsp3) is 0.364. The Morgan fingerprint density at radius 1 is 1.36 bits per heavy atom. The zero-order chi connectivity index (χ0) is 9.97. The molecule has 0 aromatic heterocycles. The Hall–Kier alpha value is -1.38. The summed E-state index contributed by atoms with van der Waals surface area (Å²) in [6.07, 6.45) is 0.510. The average Bonchev–Trinajstić information content (AvgIpc) is 2.54. The van der Waals surface area contributed by atoms with Gasteiger partial charge in [-0.1, -0.05) is 24.3 Å². The van der Waals surface area contributed by atoms with Gasteiger partial charge >= 0.3 is 0 Å². The highest BCUT2D eigenvalue weighted by Crippen LogP contribution is 2.21. The van der Waals surface area contributed by atoms with E-state index in [1.54, 1.807) is 0 Å². The highest BCUT2D eigenvalue weighted by molar-refractivity contribution is 6.00. The Morgan fingerprint density at radius 2 is 2.14 bits per heavy atom. The van der Waals surface area contributed by atoms with Crippen molar-refractivity contribution in [1.82, 2.24) is 4.90 Å². The maximum atomic E-state index is 12.0. The number of hydrogen-bond donors (Lipinski definition) is 1. The summed E-state index contributed by atoms with van der Waals surface area (Å²) in [6, 6.07) is 7.89. The number of alkyl halides is 1. The van der Waals surface area contributed by atoms with Gasteiger partial charge in [0.2, 0.25) is 0 Å². The molecule has 1 aromatic carbocycles. The van der Waals surface area contributed by atoms with Gasteiger partial charge in [-0.3, -0.25) is 9.80 Å². The molecule has 3 heteroatoms. The molecule has 1 aliphatic heterocycles. The Labute approximate surface area is 82.9 Å². The largest absolute Gasteiger partial charge is 0.352 e. The van der Waals surface area contributed by atoms with Crippen LogP contribution in [0.1, 0.15) is 17.5 Å². The predicted octanol–water partition coefficient (Wildman–Crippen LogP) is 2.19. The quantitative estimate of drug-likeness (QED) is 0.780. The van der Waals surface area contributed by atoms with Crippen molar-refractivity contribution in [2.45, 2.75) is 13.0 Å². The summed E-state index contributed by atoms with van der Waals surface area (Å²) >= 11 is 0. The van der Waals surface area contributed by atoms with Gasteiger partial charge < -0.3 is 4.90 Å². The highest BCUT2D eigenvalue weighted by Gasteiger charge is 2.22. The van der Waals surface area contributed by atoms with Crippen LogP contribution in [0.3, 0.4) is 0 Å². The summed E-state index contributed by atoms with van der Waals surface area (Å²) in [5, 5.41) is 7.87. The first-order valence-corrected chi connectivity index (χ1v) is 4.80. The van der Waals surface area contributed by atoms with E-state index in [4.69, 9.17) is 5.41 Å². The first-order valence-electron chi connectivity index (χ1n) is 4.80. The van der Waals surface area contributed by atoms with Crippen LogP contribution in [0.2, 0.25) is 0 Å². The van der Waals surface area contributed by atoms with Gasteiger partial charge in [0.15, 0.2) is 0 Å². The SMILES string of the molecule is N=C1c2ccccc2CN1CCCF. The third kappa shape index (κ3) is 1.50. The minimum Gasteiger partial charge on any atom is -0.352 e. The van der Waals surface area contributed by atoms with E-state index in [-0.39, 0.29) is 6.67 Å². The lowest BCUT2D eigenvalue weighted by atomic mass is 10.1. The number of hydrogen-bond acceptors (Lipinski definition) is 1. The third-order valence-electron chi connectivity index (χ3n) is 2.51. The minimum atomic E-state index is -0.305. The number of benzene rings is 1. The van der Waals surface area contributed by atoms with Crippen LogP contribution in [0.5, 0.6) is 0 Å². The number of halogens is 1. The van der Waals surface area contributed by atoms with Crippen molar-refractivity contribution < 1.29 is 4.39 Å².